The van der Waals surface area contributed by atoms with Gasteiger partial charge in [0.05, 0.1) is 0 Å². The van der Waals surface area contributed by atoms with Crippen LogP contribution >= 0.6 is 0 Å². The molecule has 0 saturated heterocycles. The summed E-state index contributed by atoms with van der Waals surface area (Å²) in [5.41, 5.74) is 5.15. The van der Waals surface area contributed by atoms with Crippen molar-refractivity contribution >= 4 is 11.7 Å². The Morgan fingerprint density at radius 2 is 1.95 bits per heavy atom. The number of carbonyl (C=O) groups excluding carboxylic acids is 1. The van der Waals surface area contributed by atoms with Gasteiger partial charge in [-0.1, -0.05) is 30.8 Å². The number of hydrogen-bond acceptors (Lipinski definition) is 3. The van der Waals surface area contributed by atoms with Crippen molar-refractivity contribution in [3.63, 3.8) is 0 Å². The molecule has 0 aromatic rings. The normalized spacial score (nSPS) is 23.1. The highest BCUT2D eigenvalue weighted by molar-refractivity contribution is 6.06. The third kappa shape index (κ3) is 2.76. The van der Waals surface area contributed by atoms with E-state index in [1.165, 1.54) is 19.3 Å². The van der Waals surface area contributed by atoms with Gasteiger partial charge in [-0.15, -0.1) is 0 Å². The molecule has 0 heterocycles. The van der Waals surface area contributed by atoms with E-state index in [4.69, 9.17) is 10.9 Å². The molecule has 0 aliphatic heterocycles. The van der Waals surface area contributed by atoms with E-state index in [9.17, 15) is 4.79 Å². The van der Waals surface area contributed by atoms with Crippen LogP contribution in [0.3, 0.4) is 0 Å². The number of hydrogen-bond donors (Lipinski definition) is 2. The van der Waals surface area contributed by atoms with Gasteiger partial charge >= 0.3 is 0 Å². The fraction of sp³-hybridized carbons (Fsp3) is 0.867. The number of nitrogens with two attached hydrogens (primary N) is 1. The Hall–Kier alpha value is -1.26. The van der Waals surface area contributed by atoms with Gasteiger partial charge in [-0.25, -0.2) is 0 Å². The molecule has 5 heteroatoms. The Morgan fingerprint density at radius 1 is 1.30 bits per heavy atom. The van der Waals surface area contributed by atoms with Gasteiger partial charge in [0.15, 0.2) is 5.84 Å². The lowest BCUT2D eigenvalue weighted by molar-refractivity contribution is -0.140. The van der Waals surface area contributed by atoms with Crippen LogP contribution in [0.1, 0.15) is 58.3 Å². The Bertz CT molecular complexity index is 371. The van der Waals surface area contributed by atoms with Crippen molar-refractivity contribution < 1.29 is 10.0 Å². The van der Waals surface area contributed by atoms with E-state index in [0.717, 1.165) is 25.8 Å². The maximum absolute atomic E-state index is 13.0. The zero-order valence-corrected chi connectivity index (χ0v) is 12.5. The highest BCUT2D eigenvalue weighted by Gasteiger charge is 2.46. The minimum absolute atomic E-state index is 0.0712. The van der Waals surface area contributed by atoms with E-state index < -0.39 is 5.41 Å². The molecule has 0 spiro atoms. The molecule has 0 aromatic heterocycles. The third-order valence-corrected chi connectivity index (χ3v) is 5.09. The second-order valence-electron chi connectivity index (χ2n) is 6.27. The van der Waals surface area contributed by atoms with Crippen LogP contribution in [0.5, 0.6) is 0 Å². The first-order chi connectivity index (χ1) is 9.64. The Morgan fingerprint density at radius 3 is 2.40 bits per heavy atom. The van der Waals surface area contributed by atoms with E-state index in [1.54, 1.807) is 0 Å². The first kappa shape index (κ1) is 15.1. The van der Waals surface area contributed by atoms with Crippen molar-refractivity contribution in [1.29, 1.82) is 0 Å². The van der Waals surface area contributed by atoms with Gasteiger partial charge in [0.25, 0.3) is 0 Å². The average Bonchev–Trinajstić information content (AvgIpc) is 2.45. The van der Waals surface area contributed by atoms with Crippen molar-refractivity contribution in [1.82, 2.24) is 4.90 Å². The lowest BCUT2D eigenvalue weighted by Crippen LogP contribution is -2.53. The molecule has 2 saturated carbocycles. The Labute approximate surface area is 121 Å². The summed E-state index contributed by atoms with van der Waals surface area (Å²) < 4.78 is 0. The summed E-state index contributed by atoms with van der Waals surface area (Å²) in [7, 11) is 0. The predicted octanol–water partition coefficient (Wildman–Crippen LogP) is 2.33. The van der Waals surface area contributed by atoms with Crippen LogP contribution < -0.4 is 5.73 Å². The molecule has 2 aliphatic rings. The van der Waals surface area contributed by atoms with Crippen LogP contribution in [-0.2, 0) is 4.79 Å². The first-order valence-electron chi connectivity index (χ1n) is 7.91. The second kappa shape index (κ2) is 6.46. The number of nitrogens with zero attached hydrogens (tertiary/aromatic N) is 2. The van der Waals surface area contributed by atoms with Crippen molar-refractivity contribution in [2.24, 2.45) is 22.2 Å². The number of amidine groups is 1. The largest absolute Gasteiger partial charge is 0.409 e. The van der Waals surface area contributed by atoms with Gasteiger partial charge in [-0.05, 0) is 38.5 Å². The van der Waals surface area contributed by atoms with E-state index in [2.05, 4.69) is 5.16 Å². The maximum atomic E-state index is 13.0. The molecule has 0 bridgehead atoms. The molecule has 0 aromatic carbocycles. The smallest absolute Gasteiger partial charge is 0.236 e. The molecule has 0 unspecified atom stereocenters. The molecule has 2 fully saturated rings. The lowest BCUT2D eigenvalue weighted by atomic mass is 9.71. The van der Waals surface area contributed by atoms with E-state index >= 15 is 0 Å². The van der Waals surface area contributed by atoms with Crippen LogP contribution in [0.15, 0.2) is 5.16 Å². The molecular formula is C15H27N3O2. The Kier molecular flexibility index (Phi) is 4.89. The third-order valence-electron chi connectivity index (χ3n) is 5.09. The van der Waals surface area contributed by atoms with E-state index in [-0.39, 0.29) is 11.7 Å². The van der Waals surface area contributed by atoms with Crippen LogP contribution in [0.25, 0.3) is 0 Å². The summed E-state index contributed by atoms with van der Waals surface area (Å²) in [5, 5.41) is 12.3. The zero-order valence-electron chi connectivity index (χ0n) is 12.5. The zero-order chi connectivity index (χ0) is 14.6. The first-order valence-corrected chi connectivity index (χ1v) is 7.91. The predicted molar refractivity (Wildman–Crippen MR) is 78.5 cm³/mol. The van der Waals surface area contributed by atoms with E-state index in [0.29, 0.717) is 25.3 Å². The van der Waals surface area contributed by atoms with Gasteiger partial charge < -0.3 is 15.8 Å². The minimum Gasteiger partial charge on any atom is -0.409 e. The molecule has 3 N–H and O–H groups in total. The number of rotatable bonds is 5. The molecule has 2 rings (SSSR count). The highest BCUT2D eigenvalue weighted by atomic mass is 16.4. The van der Waals surface area contributed by atoms with Crippen LogP contribution in [0, 0.1) is 11.3 Å². The maximum Gasteiger partial charge on any atom is 0.236 e. The molecule has 2 aliphatic carbocycles. The fourth-order valence-electron chi connectivity index (χ4n) is 3.48. The SMILES string of the molecule is CCN(CC1CCC1)C(=O)C1(C(N)=NO)CCCCC1. The second-order valence-corrected chi connectivity index (χ2v) is 6.27. The van der Waals surface area contributed by atoms with Crippen molar-refractivity contribution in [2.75, 3.05) is 13.1 Å². The highest BCUT2D eigenvalue weighted by Crippen LogP contribution is 2.39. The summed E-state index contributed by atoms with van der Waals surface area (Å²) in [6.45, 7) is 3.55. The number of amides is 1. The van der Waals surface area contributed by atoms with E-state index in [1.807, 2.05) is 11.8 Å². The average molecular weight is 281 g/mol. The monoisotopic (exact) mass is 281 g/mol. The van der Waals surface area contributed by atoms with Gasteiger partial charge in [0, 0.05) is 13.1 Å². The molecule has 1 amide bonds. The number of oxime groups is 1. The van der Waals surface area contributed by atoms with Crippen molar-refractivity contribution in [3.8, 4) is 0 Å². The van der Waals surface area contributed by atoms with Crippen LogP contribution in [0.4, 0.5) is 0 Å². The van der Waals surface area contributed by atoms with Gasteiger partial charge in [-0.2, -0.15) is 0 Å². The fourth-order valence-corrected chi connectivity index (χ4v) is 3.48. The minimum atomic E-state index is -0.757. The lowest BCUT2D eigenvalue weighted by Gasteiger charge is -2.40. The number of carbonyl (C=O) groups is 1. The molecule has 5 nitrogen and oxygen atoms in total. The van der Waals surface area contributed by atoms with Crippen molar-refractivity contribution in [2.45, 2.75) is 58.3 Å². The molecule has 20 heavy (non-hydrogen) atoms. The summed E-state index contributed by atoms with van der Waals surface area (Å²) >= 11 is 0. The van der Waals surface area contributed by atoms with Crippen molar-refractivity contribution in [3.05, 3.63) is 0 Å². The Balaban J connectivity index is 2.15. The standard InChI is InChI=1S/C15H27N3O2/c1-2-18(11-12-7-6-8-12)14(19)15(13(16)17-20)9-4-3-5-10-15/h12,20H,2-11H2,1H3,(H2,16,17). The van der Waals surface area contributed by atoms with Crippen LogP contribution in [0.2, 0.25) is 0 Å². The summed E-state index contributed by atoms with van der Waals surface area (Å²) in [5.74, 6) is 0.822. The van der Waals surface area contributed by atoms with Gasteiger partial charge in [0.1, 0.15) is 5.41 Å². The summed E-state index contributed by atoms with van der Waals surface area (Å²) in [6.07, 6.45) is 8.22. The van der Waals surface area contributed by atoms with Gasteiger partial charge in [-0.3, -0.25) is 4.79 Å². The quantitative estimate of drug-likeness (QED) is 0.351. The van der Waals surface area contributed by atoms with Gasteiger partial charge in [0.2, 0.25) is 5.91 Å². The summed E-state index contributed by atoms with van der Waals surface area (Å²) in [6, 6.07) is 0. The molecule has 114 valence electrons. The molecule has 0 radical (unpaired) electrons. The summed E-state index contributed by atoms with van der Waals surface area (Å²) in [4.78, 5) is 14.9. The molecule has 0 atom stereocenters. The topological polar surface area (TPSA) is 78.9 Å². The molecular weight excluding hydrogens is 254 g/mol. The van der Waals surface area contributed by atoms with Crippen LogP contribution in [-0.4, -0.2) is 34.9 Å².